The lowest BCUT2D eigenvalue weighted by Crippen LogP contribution is -2.39. The minimum atomic E-state index is -0.367. The summed E-state index contributed by atoms with van der Waals surface area (Å²) >= 11 is 0. The predicted molar refractivity (Wildman–Crippen MR) is 176 cm³/mol. The topological polar surface area (TPSA) is 0 Å². The van der Waals surface area contributed by atoms with Gasteiger partial charge in [0.05, 0.1) is 5.41 Å². The maximum absolute atomic E-state index is 2.48. The van der Waals surface area contributed by atoms with Gasteiger partial charge in [0.1, 0.15) is 0 Å². The lowest BCUT2D eigenvalue weighted by atomic mass is 9.58. The van der Waals surface area contributed by atoms with E-state index in [1.807, 2.05) is 0 Å². The largest absolute Gasteiger partial charge is 0.0761 e. The lowest BCUT2D eigenvalue weighted by Gasteiger charge is -2.44. The molecule has 0 saturated heterocycles. The lowest BCUT2D eigenvalue weighted by molar-refractivity contribution is 0.494. The van der Waals surface area contributed by atoms with Crippen LogP contribution < -0.4 is 0 Å². The van der Waals surface area contributed by atoms with Crippen LogP contribution in [0.3, 0.4) is 0 Å². The fourth-order valence-electron chi connectivity index (χ4n) is 7.18. The fourth-order valence-corrected chi connectivity index (χ4v) is 7.18. The highest BCUT2D eigenvalue weighted by Gasteiger charge is 2.47. The summed E-state index contributed by atoms with van der Waals surface area (Å²) in [5, 5.41) is 0. The van der Waals surface area contributed by atoms with Gasteiger partial charge >= 0.3 is 0 Å². The van der Waals surface area contributed by atoms with E-state index >= 15 is 0 Å². The van der Waals surface area contributed by atoms with E-state index in [2.05, 4.69) is 159 Å². The summed E-state index contributed by atoms with van der Waals surface area (Å²) in [4.78, 5) is 0. The number of allylic oxidation sites excluding steroid dienone is 4. The van der Waals surface area contributed by atoms with Gasteiger partial charge in [0.2, 0.25) is 0 Å². The Morgan fingerprint density at radius 2 is 1.07 bits per heavy atom. The van der Waals surface area contributed by atoms with Crippen molar-refractivity contribution in [2.45, 2.75) is 78.1 Å². The molecule has 4 aromatic carbocycles. The van der Waals surface area contributed by atoms with Gasteiger partial charge in [-0.2, -0.15) is 0 Å². The molecule has 0 radical (unpaired) electrons. The van der Waals surface area contributed by atoms with Crippen LogP contribution in [0.2, 0.25) is 0 Å². The molecule has 208 valence electrons. The molecule has 4 aromatic rings. The Kier molecular flexibility index (Phi) is 6.53. The van der Waals surface area contributed by atoms with Crippen LogP contribution in [0.15, 0.2) is 103 Å². The van der Waals surface area contributed by atoms with Crippen LogP contribution in [-0.2, 0) is 22.7 Å². The van der Waals surface area contributed by atoms with E-state index in [1.54, 1.807) is 0 Å². The summed E-state index contributed by atoms with van der Waals surface area (Å²) in [6.45, 7) is 18.5. The molecule has 0 aliphatic heterocycles. The first-order valence-corrected chi connectivity index (χ1v) is 15.2. The average Bonchev–Trinajstić information content (AvgIpc) is 3.58. The Morgan fingerprint density at radius 3 is 1.59 bits per heavy atom. The van der Waals surface area contributed by atoms with Gasteiger partial charge in [-0.15, -0.1) is 0 Å². The molecule has 0 amide bonds. The third-order valence-electron chi connectivity index (χ3n) is 9.41. The standard InChI is InChI=1S/C41H44/c1-27-13-17-31(18-14-27)41(30-11-9-10-12-30,32-19-15-28(2)16-20-32)38-36-26-29-25-33(39(3,4)5)21-22-34(29)35(36)23-24-37(38)40(6,7)8/h9-25,30H,26H2,1-8H3. The molecular formula is C41H44. The molecule has 0 bridgehead atoms. The van der Waals surface area contributed by atoms with Crippen molar-refractivity contribution in [2.24, 2.45) is 5.92 Å². The third kappa shape index (κ3) is 4.53. The van der Waals surface area contributed by atoms with E-state index in [0.717, 1.165) is 6.42 Å². The number of fused-ring (bicyclic) bond motifs is 3. The highest BCUT2D eigenvalue weighted by molar-refractivity contribution is 5.81. The van der Waals surface area contributed by atoms with Crippen LogP contribution in [0.25, 0.3) is 11.1 Å². The van der Waals surface area contributed by atoms with Crippen LogP contribution in [0, 0.1) is 19.8 Å². The molecule has 0 unspecified atom stereocenters. The molecule has 41 heavy (non-hydrogen) atoms. The fraction of sp³-hybridized carbons (Fsp3) is 0.317. The number of hydrogen-bond donors (Lipinski definition) is 0. The first-order valence-electron chi connectivity index (χ1n) is 15.2. The Bertz CT molecular complexity index is 1600. The normalized spacial score (nSPS) is 14.9. The summed E-state index contributed by atoms with van der Waals surface area (Å²) in [5.74, 6) is 0.203. The Morgan fingerprint density at radius 1 is 0.561 bits per heavy atom. The van der Waals surface area contributed by atoms with Gasteiger partial charge in [0.15, 0.2) is 0 Å². The minimum absolute atomic E-state index is 0.0254. The molecule has 0 nitrogen and oxygen atoms in total. The van der Waals surface area contributed by atoms with E-state index in [1.165, 1.54) is 61.2 Å². The molecule has 2 aliphatic rings. The smallest absolute Gasteiger partial charge is 0.0554 e. The molecule has 0 saturated carbocycles. The van der Waals surface area contributed by atoms with E-state index in [-0.39, 0.29) is 22.2 Å². The maximum Gasteiger partial charge on any atom is 0.0554 e. The molecule has 2 aliphatic carbocycles. The van der Waals surface area contributed by atoms with Gasteiger partial charge < -0.3 is 0 Å². The molecule has 0 heterocycles. The van der Waals surface area contributed by atoms with Crippen molar-refractivity contribution in [3.05, 3.63) is 153 Å². The van der Waals surface area contributed by atoms with Crippen LogP contribution in [-0.4, -0.2) is 0 Å². The van der Waals surface area contributed by atoms with E-state index in [0.29, 0.717) is 0 Å². The minimum Gasteiger partial charge on any atom is -0.0761 e. The van der Waals surface area contributed by atoms with Crippen LogP contribution in [0.5, 0.6) is 0 Å². The molecule has 0 aromatic heterocycles. The first kappa shape index (κ1) is 27.5. The van der Waals surface area contributed by atoms with Gasteiger partial charge in [-0.1, -0.05) is 156 Å². The molecule has 0 spiro atoms. The van der Waals surface area contributed by atoms with E-state index in [4.69, 9.17) is 0 Å². The van der Waals surface area contributed by atoms with Crippen molar-refractivity contribution in [3.63, 3.8) is 0 Å². The molecule has 0 atom stereocenters. The SMILES string of the molecule is Cc1ccc(C(c2ccc(C)cc2)(c2c(C(C)(C)C)ccc3c2Cc2cc(C(C)(C)C)ccc2-3)C2C=CC=C2)cc1. The van der Waals surface area contributed by atoms with Crippen LogP contribution >= 0.6 is 0 Å². The van der Waals surface area contributed by atoms with Crippen molar-refractivity contribution in [2.75, 3.05) is 0 Å². The Hall–Kier alpha value is -3.64. The van der Waals surface area contributed by atoms with Gasteiger partial charge in [-0.3, -0.25) is 0 Å². The Balaban J connectivity index is 1.75. The third-order valence-corrected chi connectivity index (χ3v) is 9.41. The highest BCUT2D eigenvalue weighted by Crippen LogP contribution is 2.55. The van der Waals surface area contributed by atoms with Crippen LogP contribution in [0.4, 0.5) is 0 Å². The average molecular weight is 537 g/mol. The second-order valence-corrected chi connectivity index (χ2v) is 14.4. The monoisotopic (exact) mass is 536 g/mol. The number of aryl methyl sites for hydroxylation is 2. The molecule has 0 heteroatoms. The molecule has 6 rings (SSSR count). The van der Waals surface area contributed by atoms with Gasteiger partial charge in [-0.25, -0.2) is 0 Å². The zero-order valence-electron chi connectivity index (χ0n) is 26.1. The molecule has 0 N–H and O–H groups in total. The highest BCUT2D eigenvalue weighted by atomic mass is 14.5. The number of benzene rings is 4. The van der Waals surface area contributed by atoms with E-state index in [9.17, 15) is 0 Å². The van der Waals surface area contributed by atoms with Crippen LogP contribution in [0.1, 0.15) is 91.6 Å². The van der Waals surface area contributed by atoms with E-state index < -0.39 is 0 Å². The summed E-state index contributed by atoms with van der Waals surface area (Å²) in [5.41, 5.74) is 15.1. The zero-order chi connectivity index (χ0) is 29.2. The zero-order valence-corrected chi connectivity index (χ0v) is 26.1. The van der Waals surface area contributed by atoms with Crippen molar-refractivity contribution >= 4 is 0 Å². The first-order chi connectivity index (χ1) is 19.4. The van der Waals surface area contributed by atoms with Crippen molar-refractivity contribution in [1.82, 2.24) is 0 Å². The van der Waals surface area contributed by atoms with Gasteiger partial charge in [0.25, 0.3) is 0 Å². The predicted octanol–water partition coefficient (Wildman–Crippen LogP) is 10.5. The number of hydrogen-bond acceptors (Lipinski definition) is 0. The summed E-state index contributed by atoms with van der Waals surface area (Å²) in [7, 11) is 0. The summed E-state index contributed by atoms with van der Waals surface area (Å²) in [6, 6.07) is 30.8. The summed E-state index contributed by atoms with van der Waals surface area (Å²) in [6.07, 6.45) is 10.3. The Labute approximate surface area is 247 Å². The summed E-state index contributed by atoms with van der Waals surface area (Å²) < 4.78 is 0. The van der Waals surface area contributed by atoms with Crippen molar-refractivity contribution < 1.29 is 0 Å². The second-order valence-electron chi connectivity index (χ2n) is 14.4. The van der Waals surface area contributed by atoms with Crippen molar-refractivity contribution in [1.29, 1.82) is 0 Å². The van der Waals surface area contributed by atoms with Gasteiger partial charge in [0, 0.05) is 5.92 Å². The quantitative estimate of drug-likeness (QED) is 0.200. The van der Waals surface area contributed by atoms with Crippen molar-refractivity contribution in [3.8, 4) is 11.1 Å². The van der Waals surface area contributed by atoms with Gasteiger partial charge in [-0.05, 0) is 81.2 Å². The maximum atomic E-state index is 2.48. The molecule has 0 fully saturated rings. The molecular weight excluding hydrogens is 492 g/mol. The number of rotatable bonds is 4. The second kappa shape index (κ2) is 9.73.